The second kappa shape index (κ2) is 6.19. The summed E-state index contributed by atoms with van der Waals surface area (Å²) in [5.74, 6) is 0. The molecule has 94 valence electrons. The molecule has 0 fully saturated rings. The number of nitrogens with zero attached hydrogens (tertiary/aromatic N) is 1. The van der Waals surface area contributed by atoms with Crippen LogP contribution in [0.4, 0.5) is 0 Å². The van der Waals surface area contributed by atoms with Crippen molar-refractivity contribution in [3.05, 3.63) is 63.9 Å². The quantitative estimate of drug-likeness (QED) is 0.906. The molecule has 0 radical (unpaired) electrons. The number of pyridine rings is 1. The van der Waals surface area contributed by atoms with Crippen molar-refractivity contribution >= 4 is 23.2 Å². The van der Waals surface area contributed by atoms with Crippen molar-refractivity contribution in [3.8, 4) is 0 Å². The van der Waals surface area contributed by atoms with Crippen molar-refractivity contribution in [3.63, 3.8) is 0 Å². The second-order valence-corrected chi connectivity index (χ2v) is 4.86. The van der Waals surface area contributed by atoms with E-state index in [2.05, 4.69) is 17.2 Å². The number of benzene rings is 1. The summed E-state index contributed by atoms with van der Waals surface area (Å²) in [6, 6.07) is 11.7. The molecule has 1 aromatic carbocycles. The molecule has 0 saturated carbocycles. The molecule has 1 aromatic heterocycles. The molecular weight excluding hydrogens is 267 g/mol. The van der Waals surface area contributed by atoms with Gasteiger partial charge in [-0.15, -0.1) is 0 Å². The third-order valence-corrected chi connectivity index (χ3v) is 3.62. The maximum atomic E-state index is 6.14. The summed E-state index contributed by atoms with van der Waals surface area (Å²) in [5.41, 5.74) is 2.00. The van der Waals surface area contributed by atoms with Crippen LogP contribution in [0.2, 0.25) is 10.0 Å². The van der Waals surface area contributed by atoms with E-state index in [4.69, 9.17) is 23.2 Å². The molecule has 0 bridgehead atoms. The molecule has 1 heterocycles. The molecule has 0 aliphatic rings. The number of rotatable bonds is 4. The van der Waals surface area contributed by atoms with Crippen LogP contribution >= 0.6 is 23.2 Å². The van der Waals surface area contributed by atoms with Gasteiger partial charge in [-0.05, 0) is 30.7 Å². The van der Waals surface area contributed by atoms with Crippen molar-refractivity contribution < 1.29 is 0 Å². The van der Waals surface area contributed by atoms with E-state index in [9.17, 15) is 0 Å². The SMILES string of the molecule is CC(NCc1cccc(Cl)c1Cl)c1ccccn1. The Morgan fingerprint density at radius 3 is 2.72 bits per heavy atom. The van der Waals surface area contributed by atoms with Gasteiger partial charge in [0, 0.05) is 18.8 Å². The number of hydrogen-bond acceptors (Lipinski definition) is 2. The molecule has 0 amide bonds. The van der Waals surface area contributed by atoms with Gasteiger partial charge in [-0.25, -0.2) is 0 Å². The number of aromatic nitrogens is 1. The molecular formula is C14H14Cl2N2. The van der Waals surface area contributed by atoms with E-state index >= 15 is 0 Å². The summed E-state index contributed by atoms with van der Waals surface area (Å²) < 4.78 is 0. The van der Waals surface area contributed by atoms with Crippen LogP contribution in [-0.4, -0.2) is 4.98 Å². The maximum absolute atomic E-state index is 6.14. The summed E-state index contributed by atoms with van der Waals surface area (Å²) in [4.78, 5) is 4.31. The van der Waals surface area contributed by atoms with Crippen LogP contribution in [0.3, 0.4) is 0 Å². The van der Waals surface area contributed by atoms with Gasteiger partial charge >= 0.3 is 0 Å². The summed E-state index contributed by atoms with van der Waals surface area (Å²) in [6.45, 7) is 2.73. The van der Waals surface area contributed by atoms with Crippen LogP contribution in [0.25, 0.3) is 0 Å². The van der Waals surface area contributed by atoms with Gasteiger partial charge in [0.1, 0.15) is 0 Å². The Balaban J connectivity index is 2.02. The summed E-state index contributed by atoms with van der Waals surface area (Å²) in [7, 11) is 0. The average molecular weight is 281 g/mol. The first kappa shape index (κ1) is 13.3. The lowest BCUT2D eigenvalue weighted by atomic mass is 10.2. The minimum atomic E-state index is 0.168. The molecule has 1 unspecified atom stereocenters. The van der Waals surface area contributed by atoms with Gasteiger partial charge < -0.3 is 5.32 Å². The fourth-order valence-electron chi connectivity index (χ4n) is 1.68. The molecule has 0 aliphatic carbocycles. The van der Waals surface area contributed by atoms with Gasteiger partial charge in [-0.2, -0.15) is 0 Å². The number of hydrogen-bond donors (Lipinski definition) is 1. The molecule has 0 spiro atoms. The van der Waals surface area contributed by atoms with Crippen molar-refractivity contribution in [2.45, 2.75) is 19.5 Å². The second-order valence-electron chi connectivity index (χ2n) is 4.07. The fraction of sp³-hybridized carbons (Fsp3) is 0.214. The van der Waals surface area contributed by atoms with Crippen molar-refractivity contribution in [2.24, 2.45) is 0 Å². The molecule has 1 atom stereocenters. The Bertz CT molecular complexity index is 514. The first-order chi connectivity index (χ1) is 8.68. The maximum Gasteiger partial charge on any atom is 0.0637 e. The van der Waals surface area contributed by atoms with E-state index in [1.54, 1.807) is 12.3 Å². The molecule has 1 N–H and O–H groups in total. The van der Waals surface area contributed by atoms with Crippen LogP contribution in [0.1, 0.15) is 24.2 Å². The first-order valence-electron chi connectivity index (χ1n) is 5.75. The first-order valence-corrected chi connectivity index (χ1v) is 6.51. The Hall–Kier alpha value is -1.09. The topological polar surface area (TPSA) is 24.9 Å². The van der Waals surface area contributed by atoms with Gasteiger partial charge in [0.25, 0.3) is 0 Å². The Labute approximate surface area is 117 Å². The zero-order chi connectivity index (χ0) is 13.0. The smallest absolute Gasteiger partial charge is 0.0637 e. The van der Waals surface area contributed by atoms with Crippen molar-refractivity contribution in [1.29, 1.82) is 0 Å². The van der Waals surface area contributed by atoms with E-state index in [1.807, 2.05) is 30.3 Å². The van der Waals surface area contributed by atoms with Crippen LogP contribution in [0.15, 0.2) is 42.6 Å². The van der Waals surface area contributed by atoms with Gasteiger partial charge in [0.05, 0.1) is 15.7 Å². The molecule has 2 nitrogen and oxygen atoms in total. The largest absolute Gasteiger partial charge is 0.305 e. The lowest BCUT2D eigenvalue weighted by Crippen LogP contribution is -2.19. The van der Waals surface area contributed by atoms with Crippen LogP contribution in [-0.2, 0) is 6.54 Å². The van der Waals surface area contributed by atoms with Gasteiger partial charge in [0.15, 0.2) is 0 Å². The van der Waals surface area contributed by atoms with Crippen LogP contribution < -0.4 is 5.32 Å². The third-order valence-electron chi connectivity index (χ3n) is 2.76. The molecule has 18 heavy (non-hydrogen) atoms. The van der Waals surface area contributed by atoms with Gasteiger partial charge in [-0.3, -0.25) is 4.98 Å². The number of halogens is 2. The third kappa shape index (κ3) is 3.22. The number of nitrogens with one attached hydrogen (secondary N) is 1. The lowest BCUT2D eigenvalue weighted by Gasteiger charge is -2.14. The minimum absolute atomic E-state index is 0.168. The molecule has 2 rings (SSSR count). The Morgan fingerprint density at radius 1 is 1.17 bits per heavy atom. The average Bonchev–Trinajstić information content (AvgIpc) is 2.41. The van der Waals surface area contributed by atoms with E-state index in [0.717, 1.165) is 11.3 Å². The standard InChI is InChI=1S/C14H14Cl2N2/c1-10(13-7-2-3-8-17-13)18-9-11-5-4-6-12(15)14(11)16/h2-8,10,18H,9H2,1H3. The van der Waals surface area contributed by atoms with Crippen LogP contribution in [0, 0.1) is 0 Å². The highest BCUT2D eigenvalue weighted by Crippen LogP contribution is 2.25. The summed E-state index contributed by atoms with van der Waals surface area (Å²) >= 11 is 12.1. The zero-order valence-corrected chi connectivity index (χ0v) is 11.5. The fourth-order valence-corrected chi connectivity index (χ4v) is 2.07. The normalized spacial score (nSPS) is 12.4. The van der Waals surface area contributed by atoms with E-state index in [-0.39, 0.29) is 6.04 Å². The van der Waals surface area contributed by atoms with E-state index < -0.39 is 0 Å². The Morgan fingerprint density at radius 2 is 2.00 bits per heavy atom. The van der Waals surface area contributed by atoms with Crippen molar-refractivity contribution in [2.75, 3.05) is 0 Å². The van der Waals surface area contributed by atoms with Gasteiger partial charge in [0.2, 0.25) is 0 Å². The summed E-state index contributed by atoms with van der Waals surface area (Å²) in [5, 5.41) is 4.57. The monoisotopic (exact) mass is 280 g/mol. The zero-order valence-electron chi connectivity index (χ0n) is 10.0. The van der Waals surface area contributed by atoms with Gasteiger partial charge in [-0.1, -0.05) is 41.4 Å². The highest BCUT2D eigenvalue weighted by atomic mass is 35.5. The predicted octanol–water partition coefficient (Wildman–Crippen LogP) is 4.24. The highest BCUT2D eigenvalue weighted by molar-refractivity contribution is 6.42. The van der Waals surface area contributed by atoms with Crippen molar-refractivity contribution in [1.82, 2.24) is 10.3 Å². The molecule has 2 aromatic rings. The summed E-state index contributed by atoms with van der Waals surface area (Å²) in [6.07, 6.45) is 1.79. The van der Waals surface area contributed by atoms with E-state index in [1.165, 1.54) is 0 Å². The molecule has 0 saturated heterocycles. The van der Waals surface area contributed by atoms with E-state index in [0.29, 0.717) is 16.6 Å². The minimum Gasteiger partial charge on any atom is -0.305 e. The predicted molar refractivity (Wildman–Crippen MR) is 76.0 cm³/mol. The highest BCUT2D eigenvalue weighted by Gasteiger charge is 2.08. The molecule has 4 heteroatoms. The Kier molecular flexibility index (Phi) is 4.59. The lowest BCUT2D eigenvalue weighted by molar-refractivity contribution is 0.561. The molecule has 0 aliphatic heterocycles. The van der Waals surface area contributed by atoms with Crippen LogP contribution in [0.5, 0.6) is 0 Å².